The Kier molecular flexibility index (Phi) is 3.37. The second-order valence-corrected chi connectivity index (χ2v) is 5.50. The smallest absolute Gasteiger partial charge is 0.0412 e. The van der Waals surface area contributed by atoms with Gasteiger partial charge in [-0.15, -0.1) is 0 Å². The van der Waals surface area contributed by atoms with Gasteiger partial charge in [-0.1, -0.05) is 32.0 Å². The highest BCUT2D eigenvalue weighted by molar-refractivity contribution is 7.98. The van der Waals surface area contributed by atoms with Gasteiger partial charge in [-0.25, -0.2) is 0 Å². The van der Waals surface area contributed by atoms with E-state index < -0.39 is 0 Å². The predicted molar refractivity (Wildman–Crippen MR) is 68.5 cm³/mol. The fraction of sp³-hybridized carbons (Fsp3) is 0.538. The van der Waals surface area contributed by atoms with Gasteiger partial charge in [-0.2, -0.15) is 11.8 Å². The van der Waals surface area contributed by atoms with E-state index in [1.807, 2.05) is 11.8 Å². The fourth-order valence-electron chi connectivity index (χ4n) is 2.04. The van der Waals surface area contributed by atoms with E-state index in [0.717, 1.165) is 0 Å². The minimum absolute atomic E-state index is 0.539. The van der Waals surface area contributed by atoms with Crippen LogP contribution >= 0.6 is 11.8 Å². The summed E-state index contributed by atoms with van der Waals surface area (Å²) in [6, 6.07) is 7.52. The number of benzene rings is 1. The standard InChI is InChI=1S/C13H19NS/c1-9(2)10-4-5-11-7-15-8-13(14-3)12(11)6-10/h4-6,9,13-14H,7-8H2,1-3H3. The zero-order valence-corrected chi connectivity index (χ0v) is 10.5. The first-order valence-corrected chi connectivity index (χ1v) is 6.75. The van der Waals surface area contributed by atoms with Crippen LogP contribution in [-0.4, -0.2) is 12.8 Å². The average Bonchev–Trinajstić information content (AvgIpc) is 2.27. The van der Waals surface area contributed by atoms with Gasteiger partial charge in [0.2, 0.25) is 0 Å². The highest BCUT2D eigenvalue weighted by Gasteiger charge is 2.19. The Balaban J connectivity index is 2.39. The largest absolute Gasteiger partial charge is 0.312 e. The molecule has 1 aliphatic rings. The molecule has 1 aliphatic heterocycles. The van der Waals surface area contributed by atoms with Crippen molar-refractivity contribution in [2.24, 2.45) is 0 Å². The summed E-state index contributed by atoms with van der Waals surface area (Å²) in [5.74, 6) is 3.00. The molecule has 0 saturated heterocycles. The summed E-state index contributed by atoms with van der Waals surface area (Å²) in [5.41, 5.74) is 4.48. The van der Waals surface area contributed by atoms with Crippen LogP contribution in [0.25, 0.3) is 0 Å². The lowest BCUT2D eigenvalue weighted by atomic mass is 9.94. The summed E-state index contributed by atoms with van der Waals surface area (Å²) < 4.78 is 0. The summed E-state index contributed by atoms with van der Waals surface area (Å²) >= 11 is 2.02. The van der Waals surface area contributed by atoms with Gasteiger partial charge in [0.25, 0.3) is 0 Å². The van der Waals surface area contributed by atoms with Gasteiger partial charge >= 0.3 is 0 Å². The molecule has 1 heterocycles. The molecule has 0 saturated carbocycles. The van der Waals surface area contributed by atoms with E-state index in [0.29, 0.717) is 12.0 Å². The number of rotatable bonds is 2. The van der Waals surface area contributed by atoms with Crippen LogP contribution in [-0.2, 0) is 5.75 Å². The molecule has 0 spiro atoms. The maximum Gasteiger partial charge on any atom is 0.0412 e. The van der Waals surface area contributed by atoms with E-state index in [4.69, 9.17) is 0 Å². The van der Waals surface area contributed by atoms with E-state index in [1.165, 1.54) is 28.2 Å². The van der Waals surface area contributed by atoms with Crippen LogP contribution in [0.5, 0.6) is 0 Å². The van der Waals surface area contributed by atoms with E-state index >= 15 is 0 Å². The number of hydrogen-bond acceptors (Lipinski definition) is 2. The van der Waals surface area contributed by atoms with Crippen molar-refractivity contribution in [1.29, 1.82) is 0 Å². The van der Waals surface area contributed by atoms with E-state index in [-0.39, 0.29) is 0 Å². The van der Waals surface area contributed by atoms with Gasteiger partial charge in [0.05, 0.1) is 0 Å². The molecule has 0 bridgehead atoms. The molecule has 0 aliphatic carbocycles. The quantitative estimate of drug-likeness (QED) is 0.822. The molecule has 0 aromatic heterocycles. The molecule has 2 rings (SSSR count). The molecule has 0 radical (unpaired) electrons. The highest BCUT2D eigenvalue weighted by Crippen LogP contribution is 2.33. The Morgan fingerprint density at radius 2 is 2.20 bits per heavy atom. The number of thioether (sulfide) groups is 1. The third-order valence-electron chi connectivity index (χ3n) is 3.10. The minimum atomic E-state index is 0.539. The Morgan fingerprint density at radius 1 is 1.40 bits per heavy atom. The highest BCUT2D eigenvalue weighted by atomic mass is 32.2. The summed E-state index contributed by atoms with van der Waals surface area (Å²) in [5, 5.41) is 3.41. The van der Waals surface area contributed by atoms with Crippen molar-refractivity contribution in [3.63, 3.8) is 0 Å². The zero-order chi connectivity index (χ0) is 10.8. The van der Waals surface area contributed by atoms with Crippen molar-refractivity contribution in [3.05, 3.63) is 34.9 Å². The molecular weight excluding hydrogens is 202 g/mol. The Morgan fingerprint density at radius 3 is 2.87 bits per heavy atom. The lowest BCUT2D eigenvalue weighted by Gasteiger charge is -2.26. The fourth-order valence-corrected chi connectivity index (χ4v) is 3.23. The Labute approximate surface area is 96.7 Å². The zero-order valence-electron chi connectivity index (χ0n) is 9.71. The SMILES string of the molecule is CNC1CSCc2ccc(C(C)C)cc21. The van der Waals surface area contributed by atoms with Crippen LogP contribution in [0.4, 0.5) is 0 Å². The van der Waals surface area contributed by atoms with Gasteiger partial charge in [-0.05, 0) is 29.7 Å². The lowest BCUT2D eigenvalue weighted by Crippen LogP contribution is -2.23. The van der Waals surface area contributed by atoms with Crippen molar-refractivity contribution in [3.8, 4) is 0 Å². The van der Waals surface area contributed by atoms with Gasteiger partial charge in [-0.3, -0.25) is 0 Å². The molecule has 0 amide bonds. The van der Waals surface area contributed by atoms with Gasteiger partial charge in [0.1, 0.15) is 0 Å². The third kappa shape index (κ3) is 2.21. The van der Waals surface area contributed by atoms with Crippen molar-refractivity contribution in [2.45, 2.75) is 31.6 Å². The van der Waals surface area contributed by atoms with E-state index in [1.54, 1.807) is 0 Å². The average molecular weight is 221 g/mol. The van der Waals surface area contributed by atoms with Crippen LogP contribution in [0.15, 0.2) is 18.2 Å². The van der Waals surface area contributed by atoms with Crippen molar-refractivity contribution in [1.82, 2.24) is 5.32 Å². The van der Waals surface area contributed by atoms with E-state index in [2.05, 4.69) is 44.4 Å². The van der Waals surface area contributed by atoms with Crippen LogP contribution in [0, 0.1) is 0 Å². The molecule has 1 aromatic rings. The summed E-state index contributed by atoms with van der Waals surface area (Å²) in [4.78, 5) is 0. The molecule has 1 N–H and O–H groups in total. The van der Waals surface area contributed by atoms with Crippen molar-refractivity contribution >= 4 is 11.8 Å². The normalized spacial score (nSPS) is 20.4. The summed E-state index contributed by atoms with van der Waals surface area (Å²) in [7, 11) is 2.06. The first-order valence-electron chi connectivity index (χ1n) is 5.60. The molecule has 1 unspecified atom stereocenters. The maximum absolute atomic E-state index is 3.41. The molecule has 1 atom stereocenters. The van der Waals surface area contributed by atoms with Crippen LogP contribution in [0.3, 0.4) is 0 Å². The number of nitrogens with one attached hydrogen (secondary N) is 1. The molecule has 15 heavy (non-hydrogen) atoms. The topological polar surface area (TPSA) is 12.0 Å². The number of hydrogen-bond donors (Lipinski definition) is 1. The first-order chi connectivity index (χ1) is 7.22. The summed E-state index contributed by atoms with van der Waals surface area (Å²) in [6.45, 7) is 4.52. The summed E-state index contributed by atoms with van der Waals surface area (Å²) in [6.07, 6.45) is 0. The first kappa shape index (κ1) is 11.0. The minimum Gasteiger partial charge on any atom is -0.312 e. The van der Waals surface area contributed by atoms with Gasteiger partial charge in [0.15, 0.2) is 0 Å². The number of fused-ring (bicyclic) bond motifs is 1. The molecule has 0 fully saturated rings. The van der Waals surface area contributed by atoms with Gasteiger partial charge in [0, 0.05) is 17.5 Å². The monoisotopic (exact) mass is 221 g/mol. The van der Waals surface area contributed by atoms with Crippen LogP contribution in [0.2, 0.25) is 0 Å². The van der Waals surface area contributed by atoms with Crippen molar-refractivity contribution < 1.29 is 0 Å². The Hall–Kier alpha value is -0.470. The van der Waals surface area contributed by atoms with E-state index in [9.17, 15) is 0 Å². The molecule has 1 aromatic carbocycles. The van der Waals surface area contributed by atoms with Gasteiger partial charge < -0.3 is 5.32 Å². The lowest BCUT2D eigenvalue weighted by molar-refractivity contribution is 0.649. The van der Waals surface area contributed by atoms with Crippen molar-refractivity contribution in [2.75, 3.05) is 12.8 Å². The molecular formula is C13H19NS. The Bertz CT molecular complexity index is 346. The maximum atomic E-state index is 3.41. The van der Waals surface area contributed by atoms with Crippen LogP contribution in [0.1, 0.15) is 42.5 Å². The van der Waals surface area contributed by atoms with Crippen LogP contribution < -0.4 is 5.32 Å². The third-order valence-corrected chi connectivity index (χ3v) is 4.19. The second kappa shape index (κ2) is 4.58. The molecule has 1 nitrogen and oxygen atoms in total. The predicted octanol–water partition coefficient (Wildman–Crippen LogP) is 3.32. The second-order valence-electron chi connectivity index (χ2n) is 4.47. The molecule has 82 valence electrons. The molecule has 2 heteroatoms.